The number of aromatic nitrogens is 2. The molecule has 72 valence electrons. The van der Waals surface area contributed by atoms with Gasteiger partial charge >= 0.3 is 0 Å². The van der Waals surface area contributed by atoms with Crippen LogP contribution in [0.3, 0.4) is 0 Å². The van der Waals surface area contributed by atoms with Crippen molar-refractivity contribution < 1.29 is 0 Å². The zero-order valence-electron chi connectivity index (χ0n) is 8.20. The van der Waals surface area contributed by atoms with E-state index in [1.165, 1.54) is 13.0 Å². The first-order chi connectivity index (χ1) is 6.25. The second kappa shape index (κ2) is 3.38. The van der Waals surface area contributed by atoms with Gasteiger partial charge in [-0.2, -0.15) is 5.10 Å². The Balaban J connectivity index is 1.79. The number of hydrogen-bond acceptors (Lipinski definition) is 3. The van der Waals surface area contributed by atoms with E-state index in [2.05, 4.69) is 22.4 Å². The van der Waals surface area contributed by atoms with Gasteiger partial charge in [0, 0.05) is 25.8 Å². The van der Waals surface area contributed by atoms with Gasteiger partial charge < -0.3 is 10.2 Å². The van der Waals surface area contributed by atoms with Crippen molar-refractivity contribution in [2.75, 3.05) is 25.5 Å². The summed E-state index contributed by atoms with van der Waals surface area (Å²) in [6.07, 6.45) is 5.17. The molecule has 1 unspecified atom stereocenters. The minimum absolute atomic E-state index is 0.709. The lowest BCUT2D eigenvalue weighted by Crippen LogP contribution is -2.48. The van der Waals surface area contributed by atoms with E-state index < -0.39 is 0 Å². The predicted molar refractivity (Wildman–Crippen MR) is 52.7 cm³/mol. The van der Waals surface area contributed by atoms with Crippen LogP contribution < -0.4 is 5.32 Å². The molecule has 4 heteroatoms. The Bertz CT molecular complexity index is 281. The van der Waals surface area contributed by atoms with Crippen LogP contribution >= 0.6 is 0 Å². The van der Waals surface area contributed by atoms with Crippen molar-refractivity contribution in [1.82, 2.24) is 14.7 Å². The highest BCUT2D eigenvalue weighted by Crippen LogP contribution is 2.14. The Morgan fingerprint density at radius 1 is 1.62 bits per heavy atom. The van der Waals surface area contributed by atoms with E-state index in [4.69, 9.17) is 0 Å². The second-order valence-electron chi connectivity index (χ2n) is 3.71. The number of likely N-dealkylation sites (N-methyl/N-ethyl adjacent to an activating group) is 1. The largest absolute Gasteiger partial charge is 0.381 e. The predicted octanol–water partition coefficient (Wildman–Crippen LogP) is 0.536. The summed E-state index contributed by atoms with van der Waals surface area (Å²) in [4.78, 5) is 2.36. The molecule has 1 aromatic heterocycles. The minimum Gasteiger partial charge on any atom is -0.381 e. The lowest BCUT2D eigenvalue weighted by atomic mass is 10.1. The lowest BCUT2D eigenvalue weighted by molar-refractivity contribution is 0.137. The molecule has 1 aliphatic heterocycles. The van der Waals surface area contributed by atoms with Crippen LogP contribution in [0.1, 0.15) is 6.42 Å². The summed E-state index contributed by atoms with van der Waals surface area (Å²) in [5, 5.41) is 7.47. The highest BCUT2D eigenvalue weighted by Gasteiger charge is 2.23. The fraction of sp³-hybridized carbons (Fsp3) is 0.667. The molecule has 1 aromatic rings. The lowest BCUT2D eigenvalue weighted by Gasteiger charge is -2.37. The number of likely N-dealkylation sites (tertiary alicyclic amines) is 1. The van der Waals surface area contributed by atoms with Crippen LogP contribution in [-0.4, -0.2) is 40.9 Å². The molecule has 1 fully saturated rings. The van der Waals surface area contributed by atoms with Gasteiger partial charge in [-0.05, 0) is 20.0 Å². The monoisotopic (exact) mass is 180 g/mol. The maximum Gasteiger partial charge on any atom is 0.0726 e. The second-order valence-corrected chi connectivity index (χ2v) is 3.71. The molecule has 13 heavy (non-hydrogen) atoms. The maximum atomic E-state index is 4.10. The van der Waals surface area contributed by atoms with E-state index in [-0.39, 0.29) is 0 Å². The van der Waals surface area contributed by atoms with Crippen LogP contribution in [0.2, 0.25) is 0 Å². The summed E-state index contributed by atoms with van der Waals surface area (Å²) in [5.74, 6) is 0. The topological polar surface area (TPSA) is 33.1 Å². The van der Waals surface area contributed by atoms with E-state index in [1.807, 2.05) is 24.1 Å². The van der Waals surface area contributed by atoms with Gasteiger partial charge in [-0.25, -0.2) is 0 Å². The summed E-state index contributed by atoms with van der Waals surface area (Å²) in [6.45, 7) is 2.27. The first-order valence-electron chi connectivity index (χ1n) is 4.68. The van der Waals surface area contributed by atoms with E-state index in [0.717, 1.165) is 12.2 Å². The summed E-state index contributed by atoms with van der Waals surface area (Å²) in [7, 11) is 4.10. The van der Waals surface area contributed by atoms with Crippen molar-refractivity contribution in [3.05, 3.63) is 12.4 Å². The first kappa shape index (κ1) is 8.56. The third kappa shape index (κ3) is 1.83. The van der Waals surface area contributed by atoms with Gasteiger partial charge in [-0.3, -0.25) is 4.68 Å². The average Bonchev–Trinajstić information content (AvgIpc) is 2.49. The summed E-state index contributed by atoms with van der Waals surface area (Å²) in [5.41, 5.74) is 1.11. The molecule has 1 aliphatic rings. The van der Waals surface area contributed by atoms with Crippen molar-refractivity contribution >= 4 is 5.69 Å². The molecule has 4 nitrogen and oxygen atoms in total. The molecule has 2 heterocycles. The zero-order chi connectivity index (χ0) is 9.26. The van der Waals surface area contributed by atoms with Crippen LogP contribution in [0.15, 0.2) is 12.4 Å². The molecule has 1 atom stereocenters. The van der Waals surface area contributed by atoms with Crippen molar-refractivity contribution in [1.29, 1.82) is 0 Å². The number of anilines is 1. The highest BCUT2D eigenvalue weighted by atomic mass is 15.3. The fourth-order valence-corrected chi connectivity index (χ4v) is 1.58. The van der Waals surface area contributed by atoms with E-state index in [0.29, 0.717) is 6.04 Å². The molecule has 0 spiro atoms. The van der Waals surface area contributed by atoms with Crippen molar-refractivity contribution in [2.24, 2.45) is 7.05 Å². The van der Waals surface area contributed by atoms with E-state index >= 15 is 0 Å². The normalized spacial score (nSPS) is 22.8. The van der Waals surface area contributed by atoms with Gasteiger partial charge in [0.15, 0.2) is 0 Å². The van der Waals surface area contributed by atoms with E-state index in [1.54, 1.807) is 0 Å². The molecular weight excluding hydrogens is 164 g/mol. The van der Waals surface area contributed by atoms with Gasteiger partial charge in [-0.15, -0.1) is 0 Å². The third-order valence-corrected chi connectivity index (χ3v) is 2.69. The third-order valence-electron chi connectivity index (χ3n) is 2.69. The number of hydrogen-bond donors (Lipinski definition) is 1. The summed E-state index contributed by atoms with van der Waals surface area (Å²) >= 11 is 0. The number of aryl methyl sites for hydroxylation is 1. The van der Waals surface area contributed by atoms with Crippen molar-refractivity contribution in [3.63, 3.8) is 0 Å². The maximum absolute atomic E-state index is 4.10. The fourth-order valence-electron chi connectivity index (χ4n) is 1.58. The smallest absolute Gasteiger partial charge is 0.0726 e. The number of nitrogens with zero attached hydrogens (tertiary/aromatic N) is 3. The molecule has 0 amide bonds. The number of rotatable bonds is 3. The van der Waals surface area contributed by atoms with Gasteiger partial charge in [0.1, 0.15) is 0 Å². The molecular formula is C9H16N4. The van der Waals surface area contributed by atoms with Gasteiger partial charge in [0.05, 0.1) is 11.9 Å². The van der Waals surface area contributed by atoms with Gasteiger partial charge in [0.25, 0.3) is 0 Å². The Morgan fingerprint density at radius 2 is 2.46 bits per heavy atom. The molecule has 0 radical (unpaired) electrons. The van der Waals surface area contributed by atoms with Gasteiger partial charge in [-0.1, -0.05) is 0 Å². The Labute approximate surface area is 78.5 Å². The quantitative estimate of drug-likeness (QED) is 0.737. The Hall–Kier alpha value is -1.03. The Morgan fingerprint density at radius 3 is 2.92 bits per heavy atom. The molecule has 1 N–H and O–H groups in total. The highest BCUT2D eigenvalue weighted by molar-refractivity contribution is 5.38. The van der Waals surface area contributed by atoms with Crippen LogP contribution in [-0.2, 0) is 7.05 Å². The standard InChI is InChI=1S/C9H16N4/c1-12-4-3-9(12)6-10-8-5-11-13(2)7-8/h5,7,9-10H,3-4,6H2,1-2H3. The van der Waals surface area contributed by atoms with Gasteiger partial charge in [0.2, 0.25) is 0 Å². The van der Waals surface area contributed by atoms with Crippen molar-refractivity contribution in [3.8, 4) is 0 Å². The Kier molecular flexibility index (Phi) is 2.22. The minimum atomic E-state index is 0.709. The molecule has 0 saturated carbocycles. The van der Waals surface area contributed by atoms with Crippen LogP contribution in [0, 0.1) is 0 Å². The van der Waals surface area contributed by atoms with Crippen LogP contribution in [0.4, 0.5) is 5.69 Å². The van der Waals surface area contributed by atoms with Crippen LogP contribution in [0.5, 0.6) is 0 Å². The van der Waals surface area contributed by atoms with Crippen molar-refractivity contribution in [2.45, 2.75) is 12.5 Å². The SMILES string of the molecule is CN1CCC1CNc1cnn(C)c1. The van der Waals surface area contributed by atoms with E-state index in [9.17, 15) is 0 Å². The molecule has 0 bridgehead atoms. The zero-order valence-corrected chi connectivity index (χ0v) is 8.20. The molecule has 0 aromatic carbocycles. The average molecular weight is 180 g/mol. The summed E-state index contributed by atoms with van der Waals surface area (Å²) < 4.78 is 1.81. The van der Waals surface area contributed by atoms with Crippen LogP contribution in [0.25, 0.3) is 0 Å². The number of nitrogens with one attached hydrogen (secondary N) is 1. The first-order valence-corrected chi connectivity index (χ1v) is 4.68. The molecule has 2 rings (SSSR count). The molecule has 0 aliphatic carbocycles. The molecule has 1 saturated heterocycles. The summed E-state index contributed by atoms with van der Waals surface area (Å²) in [6, 6.07) is 0.709.